The van der Waals surface area contributed by atoms with Gasteiger partial charge in [-0.25, -0.2) is 9.97 Å². The molecule has 0 spiro atoms. The molecular formula is C14H17N3O2. The Morgan fingerprint density at radius 3 is 2.47 bits per heavy atom. The van der Waals surface area contributed by atoms with Crippen molar-refractivity contribution >= 4 is 0 Å². The van der Waals surface area contributed by atoms with E-state index in [1.807, 2.05) is 0 Å². The van der Waals surface area contributed by atoms with Crippen molar-refractivity contribution in [3.63, 3.8) is 0 Å². The van der Waals surface area contributed by atoms with Gasteiger partial charge in [0.1, 0.15) is 0 Å². The zero-order chi connectivity index (χ0) is 13.7. The summed E-state index contributed by atoms with van der Waals surface area (Å²) in [5.74, 6) is 0.202. The summed E-state index contributed by atoms with van der Waals surface area (Å²) in [7, 11) is 0. The van der Waals surface area contributed by atoms with Crippen molar-refractivity contribution in [3.8, 4) is 22.9 Å². The van der Waals surface area contributed by atoms with Gasteiger partial charge >= 0.3 is 0 Å². The fourth-order valence-corrected chi connectivity index (χ4v) is 1.67. The second kappa shape index (κ2) is 6.15. The van der Waals surface area contributed by atoms with Crippen LogP contribution in [-0.2, 0) is 6.54 Å². The fourth-order valence-electron chi connectivity index (χ4n) is 1.67. The quantitative estimate of drug-likeness (QED) is 0.566. The minimum atomic E-state index is -0.171. The summed E-state index contributed by atoms with van der Waals surface area (Å²) in [6.45, 7) is 3.83. The van der Waals surface area contributed by atoms with E-state index in [0.717, 1.165) is 25.1 Å². The molecule has 2 aromatic rings. The Balaban J connectivity index is 2.11. The van der Waals surface area contributed by atoms with Gasteiger partial charge in [-0.05, 0) is 31.2 Å². The molecule has 1 heterocycles. The maximum atomic E-state index is 9.44. The first-order valence-electron chi connectivity index (χ1n) is 6.24. The number of phenolic OH excluding ortho intramolecular Hbond substituents is 2. The van der Waals surface area contributed by atoms with Crippen LogP contribution < -0.4 is 5.32 Å². The molecule has 0 atom stereocenters. The minimum Gasteiger partial charge on any atom is -0.504 e. The highest BCUT2D eigenvalue weighted by molar-refractivity contribution is 5.60. The number of nitrogens with one attached hydrogen (secondary N) is 1. The van der Waals surface area contributed by atoms with E-state index in [0.29, 0.717) is 11.4 Å². The lowest BCUT2D eigenvalue weighted by Crippen LogP contribution is -2.14. The van der Waals surface area contributed by atoms with Gasteiger partial charge in [0.15, 0.2) is 17.3 Å². The highest BCUT2D eigenvalue weighted by Gasteiger charge is 2.05. The Morgan fingerprint density at radius 2 is 1.84 bits per heavy atom. The Kier molecular flexibility index (Phi) is 4.30. The Bertz CT molecular complexity index is 541. The summed E-state index contributed by atoms with van der Waals surface area (Å²) in [6.07, 6.45) is 4.61. The van der Waals surface area contributed by atoms with Crippen LogP contribution in [0, 0.1) is 0 Å². The zero-order valence-electron chi connectivity index (χ0n) is 10.8. The van der Waals surface area contributed by atoms with Crippen LogP contribution in [0.15, 0.2) is 30.6 Å². The molecule has 1 aromatic carbocycles. The van der Waals surface area contributed by atoms with Crippen molar-refractivity contribution in [2.75, 3.05) is 6.54 Å². The van der Waals surface area contributed by atoms with Gasteiger partial charge < -0.3 is 15.5 Å². The molecule has 0 fully saturated rings. The number of aromatic hydroxyl groups is 2. The maximum Gasteiger partial charge on any atom is 0.159 e. The zero-order valence-corrected chi connectivity index (χ0v) is 10.8. The molecular weight excluding hydrogens is 242 g/mol. The summed E-state index contributed by atoms with van der Waals surface area (Å²) in [5, 5.41) is 22.0. The summed E-state index contributed by atoms with van der Waals surface area (Å²) in [6, 6.07) is 4.53. The van der Waals surface area contributed by atoms with Gasteiger partial charge in [0.05, 0.1) is 0 Å². The first-order valence-corrected chi connectivity index (χ1v) is 6.24. The third kappa shape index (κ3) is 3.42. The average Bonchev–Trinajstić information content (AvgIpc) is 2.43. The SMILES string of the molecule is CCCNCc1cnc(-c2ccc(O)c(O)c2)nc1. The van der Waals surface area contributed by atoms with Gasteiger partial charge in [0.25, 0.3) is 0 Å². The molecule has 5 heteroatoms. The third-order valence-electron chi connectivity index (χ3n) is 2.69. The van der Waals surface area contributed by atoms with E-state index in [-0.39, 0.29) is 11.5 Å². The van der Waals surface area contributed by atoms with E-state index < -0.39 is 0 Å². The lowest BCUT2D eigenvalue weighted by molar-refractivity contribution is 0.404. The van der Waals surface area contributed by atoms with E-state index in [1.165, 1.54) is 12.1 Å². The number of rotatable bonds is 5. The van der Waals surface area contributed by atoms with E-state index in [2.05, 4.69) is 22.2 Å². The predicted molar refractivity (Wildman–Crippen MR) is 72.8 cm³/mol. The topological polar surface area (TPSA) is 78.3 Å². The Labute approximate surface area is 112 Å². The number of phenols is 2. The van der Waals surface area contributed by atoms with Gasteiger partial charge in [-0.2, -0.15) is 0 Å². The smallest absolute Gasteiger partial charge is 0.159 e. The molecule has 3 N–H and O–H groups in total. The molecule has 0 aliphatic rings. The second-order valence-electron chi connectivity index (χ2n) is 4.30. The molecule has 0 saturated carbocycles. The highest BCUT2D eigenvalue weighted by atomic mass is 16.3. The van der Waals surface area contributed by atoms with Crippen molar-refractivity contribution < 1.29 is 10.2 Å². The van der Waals surface area contributed by atoms with Gasteiger partial charge in [0.2, 0.25) is 0 Å². The predicted octanol–water partition coefficient (Wildman–Crippen LogP) is 2.05. The molecule has 0 saturated heterocycles. The molecule has 0 radical (unpaired) electrons. The van der Waals surface area contributed by atoms with Crippen LogP contribution in [0.4, 0.5) is 0 Å². The normalized spacial score (nSPS) is 10.6. The standard InChI is InChI=1S/C14H17N3O2/c1-2-5-15-7-10-8-16-14(17-9-10)11-3-4-12(18)13(19)6-11/h3-4,6,8-9,15,18-19H,2,5,7H2,1H3. The summed E-state index contributed by atoms with van der Waals surface area (Å²) in [5.41, 5.74) is 1.68. The van der Waals surface area contributed by atoms with Gasteiger partial charge in [-0.1, -0.05) is 6.92 Å². The van der Waals surface area contributed by atoms with Crippen LogP contribution in [0.3, 0.4) is 0 Å². The number of hydrogen-bond acceptors (Lipinski definition) is 5. The van der Waals surface area contributed by atoms with Crippen molar-refractivity contribution in [1.29, 1.82) is 0 Å². The van der Waals surface area contributed by atoms with E-state index in [4.69, 9.17) is 0 Å². The monoisotopic (exact) mass is 259 g/mol. The average molecular weight is 259 g/mol. The summed E-state index contributed by atoms with van der Waals surface area (Å²) >= 11 is 0. The molecule has 0 amide bonds. The molecule has 0 bridgehead atoms. The number of nitrogens with zero attached hydrogens (tertiary/aromatic N) is 2. The lowest BCUT2D eigenvalue weighted by Gasteiger charge is -2.05. The van der Waals surface area contributed by atoms with Crippen LogP contribution in [-0.4, -0.2) is 26.7 Å². The van der Waals surface area contributed by atoms with Crippen LogP contribution in [0.25, 0.3) is 11.4 Å². The fraction of sp³-hybridized carbons (Fsp3) is 0.286. The third-order valence-corrected chi connectivity index (χ3v) is 2.69. The van der Waals surface area contributed by atoms with Gasteiger partial charge in [-0.3, -0.25) is 0 Å². The van der Waals surface area contributed by atoms with Crippen molar-refractivity contribution in [1.82, 2.24) is 15.3 Å². The molecule has 5 nitrogen and oxygen atoms in total. The number of benzene rings is 1. The molecule has 0 aliphatic heterocycles. The maximum absolute atomic E-state index is 9.44. The minimum absolute atomic E-state index is 0.149. The van der Waals surface area contributed by atoms with Crippen molar-refractivity contribution in [2.24, 2.45) is 0 Å². The first kappa shape index (κ1) is 13.3. The first-order chi connectivity index (χ1) is 9.20. The summed E-state index contributed by atoms with van der Waals surface area (Å²) in [4.78, 5) is 8.51. The van der Waals surface area contributed by atoms with Crippen LogP contribution in [0.5, 0.6) is 11.5 Å². The van der Waals surface area contributed by atoms with E-state index >= 15 is 0 Å². The molecule has 0 unspecified atom stereocenters. The molecule has 1 aromatic heterocycles. The Hall–Kier alpha value is -2.14. The van der Waals surface area contributed by atoms with Crippen molar-refractivity contribution in [2.45, 2.75) is 19.9 Å². The van der Waals surface area contributed by atoms with Crippen molar-refractivity contribution in [3.05, 3.63) is 36.2 Å². The van der Waals surface area contributed by atoms with Crippen LogP contribution >= 0.6 is 0 Å². The van der Waals surface area contributed by atoms with Gasteiger partial charge in [-0.15, -0.1) is 0 Å². The molecule has 0 aliphatic carbocycles. The lowest BCUT2D eigenvalue weighted by atomic mass is 10.2. The largest absolute Gasteiger partial charge is 0.504 e. The highest BCUT2D eigenvalue weighted by Crippen LogP contribution is 2.28. The molecule has 2 rings (SSSR count). The van der Waals surface area contributed by atoms with Crippen LogP contribution in [0.2, 0.25) is 0 Å². The summed E-state index contributed by atoms with van der Waals surface area (Å²) < 4.78 is 0. The van der Waals surface area contributed by atoms with Crippen LogP contribution in [0.1, 0.15) is 18.9 Å². The van der Waals surface area contributed by atoms with E-state index in [1.54, 1.807) is 18.5 Å². The second-order valence-corrected chi connectivity index (χ2v) is 4.30. The Morgan fingerprint density at radius 1 is 1.11 bits per heavy atom. The molecule has 19 heavy (non-hydrogen) atoms. The number of aromatic nitrogens is 2. The number of hydrogen-bond donors (Lipinski definition) is 3. The molecule has 100 valence electrons. The van der Waals surface area contributed by atoms with E-state index in [9.17, 15) is 10.2 Å². The van der Waals surface area contributed by atoms with Gasteiger partial charge in [0, 0.05) is 30.1 Å².